The average molecular weight is 444 g/mol. The summed E-state index contributed by atoms with van der Waals surface area (Å²) in [4.78, 5) is 26.4. The second kappa shape index (κ2) is 8.61. The van der Waals surface area contributed by atoms with Crippen LogP contribution in [-0.2, 0) is 19.5 Å². The maximum Gasteiger partial charge on any atom is 0.278 e. The van der Waals surface area contributed by atoms with Gasteiger partial charge in [0, 0.05) is 24.6 Å². The van der Waals surface area contributed by atoms with E-state index in [0.29, 0.717) is 34.9 Å². The first kappa shape index (κ1) is 21.0. The fourth-order valence-electron chi connectivity index (χ4n) is 4.12. The first-order chi connectivity index (χ1) is 16.0. The van der Waals surface area contributed by atoms with Gasteiger partial charge in [0.05, 0.1) is 24.0 Å². The molecule has 0 saturated carbocycles. The summed E-state index contributed by atoms with van der Waals surface area (Å²) in [6, 6.07) is 9.75. The van der Waals surface area contributed by atoms with Gasteiger partial charge in [-0.3, -0.25) is 9.78 Å². The van der Waals surface area contributed by atoms with Crippen LogP contribution in [0.4, 0.5) is 11.6 Å². The summed E-state index contributed by atoms with van der Waals surface area (Å²) >= 11 is 0. The summed E-state index contributed by atoms with van der Waals surface area (Å²) in [7, 11) is 0. The number of fused-ring (bicyclic) bond motifs is 2. The Kier molecular flexibility index (Phi) is 5.49. The van der Waals surface area contributed by atoms with E-state index < -0.39 is 6.10 Å². The summed E-state index contributed by atoms with van der Waals surface area (Å²) < 4.78 is 3.27. The summed E-state index contributed by atoms with van der Waals surface area (Å²) in [6.07, 6.45) is 5.04. The third-order valence-electron chi connectivity index (χ3n) is 5.76. The number of nitrogens with one attached hydrogen (secondary N) is 2. The van der Waals surface area contributed by atoms with Crippen molar-refractivity contribution in [2.24, 2.45) is 0 Å². The second-order valence-electron chi connectivity index (χ2n) is 8.07. The summed E-state index contributed by atoms with van der Waals surface area (Å²) in [5, 5.41) is 17.0. The minimum atomic E-state index is -0.739. The first-order valence-corrected chi connectivity index (χ1v) is 10.9. The third kappa shape index (κ3) is 3.92. The molecule has 0 radical (unpaired) electrons. The van der Waals surface area contributed by atoms with Gasteiger partial charge in [-0.1, -0.05) is 12.1 Å². The van der Waals surface area contributed by atoms with Crippen LogP contribution in [0.2, 0.25) is 0 Å². The van der Waals surface area contributed by atoms with Gasteiger partial charge >= 0.3 is 0 Å². The molecular weight excluding hydrogens is 418 g/mol. The number of pyridine rings is 1. The lowest BCUT2D eigenvalue weighted by atomic mass is 10.0. The lowest BCUT2D eigenvalue weighted by Gasteiger charge is -2.18. The van der Waals surface area contributed by atoms with E-state index in [-0.39, 0.29) is 5.56 Å². The van der Waals surface area contributed by atoms with Crippen molar-refractivity contribution in [1.29, 1.82) is 0 Å². The van der Waals surface area contributed by atoms with E-state index in [0.717, 1.165) is 25.2 Å². The quantitative estimate of drug-likeness (QED) is 0.393. The van der Waals surface area contributed by atoms with Crippen LogP contribution < -0.4 is 16.2 Å². The Hall–Kier alpha value is -3.82. The second-order valence-corrected chi connectivity index (χ2v) is 8.07. The number of rotatable bonds is 6. The molecule has 3 N–H and O–H groups in total. The number of hydrogen-bond acceptors (Lipinski definition) is 7. The molecule has 3 aromatic heterocycles. The van der Waals surface area contributed by atoms with Gasteiger partial charge in [0.15, 0.2) is 5.65 Å². The molecule has 4 heterocycles. The molecule has 4 aromatic rings. The molecule has 1 aliphatic heterocycles. The minimum Gasteiger partial charge on any atom is -0.387 e. The lowest BCUT2D eigenvalue weighted by Crippen LogP contribution is -2.23. The van der Waals surface area contributed by atoms with Crippen molar-refractivity contribution in [2.45, 2.75) is 32.5 Å². The summed E-state index contributed by atoms with van der Waals surface area (Å²) in [6.45, 7) is 7.56. The highest BCUT2D eigenvalue weighted by molar-refractivity contribution is 5.77. The molecule has 0 amide bonds. The topological polar surface area (TPSA) is 110 Å². The Bertz CT molecular complexity index is 1400. The molecule has 0 aliphatic carbocycles. The Morgan fingerprint density at radius 3 is 2.97 bits per heavy atom. The van der Waals surface area contributed by atoms with E-state index >= 15 is 0 Å². The smallest absolute Gasteiger partial charge is 0.278 e. The largest absolute Gasteiger partial charge is 0.387 e. The number of aromatic nitrogens is 5. The average Bonchev–Trinajstić information content (AvgIpc) is 3.10. The predicted octanol–water partition coefficient (Wildman–Crippen LogP) is 2.61. The van der Waals surface area contributed by atoms with Gasteiger partial charge in [-0.25, -0.2) is 14.3 Å². The monoisotopic (exact) mass is 443 g/mol. The molecule has 0 saturated heterocycles. The Balaban J connectivity index is 1.61. The van der Waals surface area contributed by atoms with Gasteiger partial charge in [0.25, 0.3) is 5.56 Å². The van der Waals surface area contributed by atoms with Crippen LogP contribution >= 0.6 is 0 Å². The van der Waals surface area contributed by atoms with Gasteiger partial charge in [-0.2, -0.15) is 4.98 Å². The van der Waals surface area contributed by atoms with Crippen LogP contribution in [0.15, 0.2) is 60.2 Å². The van der Waals surface area contributed by atoms with Crippen molar-refractivity contribution < 1.29 is 5.11 Å². The molecule has 1 atom stereocenters. The number of hydrogen-bond donors (Lipinski definition) is 3. The van der Waals surface area contributed by atoms with Gasteiger partial charge in [-0.15, -0.1) is 6.58 Å². The molecule has 9 heteroatoms. The number of anilines is 2. The van der Waals surface area contributed by atoms with Gasteiger partial charge < -0.3 is 15.7 Å². The number of allylic oxidation sites excluding steroid dienone is 1. The predicted molar refractivity (Wildman–Crippen MR) is 127 cm³/mol. The molecule has 9 nitrogen and oxygen atoms in total. The fraction of sp³-hybridized carbons (Fsp3) is 0.250. The van der Waals surface area contributed by atoms with Crippen LogP contribution in [0, 0.1) is 0 Å². The van der Waals surface area contributed by atoms with E-state index in [9.17, 15) is 9.90 Å². The lowest BCUT2D eigenvalue weighted by molar-refractivity contribution is 0.194. The van der Waals surface area contributed by atoms with E-state index in [1.54, 1.807) is 46.9 Å². The minimum absolute atomic E-state index is 0.215. The van der Waals surface area contributed by atoms with Crippen LogP contribution in [0.3, 0.4) is 0 Å². The molecule has 168 valence electrons. The molecule has 0 bridgehead atoms. The molecule has 1 aliphatic rings. The molecule has 1 aromatic carbocycles. The first-order valence-electron chi connectivity index (χ1n) is 10.9. The SMILES string of the molecule is C=CCn1c(=O)c2cnc(Nc3ccc4c(c3)CCNC4)nc2n1-c1ccnc(C(C)O)c1. The van der Waals surface area contributed by atoms with Crippen LogP contribution in [0.25, 0.3) is 16.7 Å². The highest BCUT2D eigenvalue weighted by Gasteiger charge is 2.18. The van der Waals surface area contributed by atoms with Crippen LogP contribution in [0.1, 0.15) is 29.8 Å². The maximum atomic E-state index is 13.1. The maximum absolute atomic E-state index is 13.1. The number of aliphatic hydroxyl groups excluding tert-OH is 1. The molecule has 0 fully saturated rings. The van der Waals surface area contributed by atoms with Crippen molar-refractivity contribution >= 4 is 22.7 Å². The molecule has 1 unspecified atom stereocenters. The van der Waals surface area contributed by atoms with Crippen LogP contribution in [-0.4, -0.2) is 36.0 Å². The number of aliphatic hydroxyl groups is 1. The van der Waals surface area contributed by atoms with Crippen molar-refractivity contribution in [2.75, 3.05) is 11.9 Å². The molecule has 5 rings (SSSR count). The van der Waals surface area contributed by atoms with Crippen molar-refractivity contribution in [3.8, 4) is 5.69 Å². The zero-order valence-electron chi connectivity index (χ0n) is 18.3. The van der Waals surface area contributed by atoms with Gasteiger partial charge in [0.1, 0.15) is 5.39 Å². The van der Waals surface area contributed by atoms with E-state index in [4.69, 9.17) is 0 Å². The molecule has 33 heavy (non-hydrogen) atoms. The van der Waals surface area contributed by atoms with Crippen molar-refractivity contribution in [3.05, 3.63) is 82.6 Å². The van der Waals surface area contributed by atoms with E-state index in [2.05, 4.69) is 44.3 Å². The summed E-state index contributed by atoms with van der Waals surface area (Å²) in [5.41, 5.74) is 4.91. The number of benzene rings is 1. The highest BCUT2D eigenvalue weighted by Crippen LogP contribution is 2.23. The zero-order valence-corrected chi connectivity index (χ0v) is 18.3. The van der Waals surface area contributed by atoms with Crippen molar-refractivity contribution in [3.63, 3.8) is 0 Å². The molecular formula is C24H25N7O2. The van der Waals surface area contributed by atoms with Gasteiger partial charge in [-0.05, 0) is 55.3 Å². The summed E-state index contributed by atoms with van der Waals surface area (Å²) in [5.74, 6) is 0.394. The molecule has 0 spiro atoms. The van der Waals surface area contributed by atoms with E-state index in [1.165, 1.54) is 11.1 Å². The Labute approximate surface area is 190 Å². The van der Waals surface area contributed by atoms with Crippen LogP contribution in [0.5, 0.6) is 0 Å². The standard InChI is InChI=1S/C24H25N7O2/c1-3-10-30-23(33)20-14-27-24(28-18-5-4-17-13-25-8-6-16(17)11-18)29-22(20)31(30)19-7-9-26-21(12-19)15(2)32/h3-5,7,9,11-12,14-15,25,32H,1,6,8,10,13H2,2H3,(H,27,28,29). The van der Waals surface area contributed by atoms with Gasteiger partial charge in [0.2, 0.25) is 5.95 Å². The van der Waals surface area contributed by atoms with E-state index in [1.807, 2.05) is 6.07 Å². The number of nitrogens with zero attached hydrogens (tertiary/aromatic N) is 5. The Morgan fingerprint density at radius 1 is 1.27 bits per heavy atom. The fourth-order valence-corrected chi connectivity index (χ4v) is 4.12. The van der Waals surface area contributed by atoms with Crippen molar-refractivity contribution in [1.82, 2.24) is 29.6 Å². The zero-order chi connectivity index (χ0) is 22.9. The normalized spacial score (nSPS) is 14.1. The highest BCUT2D eigenvalue weighted by atomic mass is 16.3. The third-order valence-corrected chi connectivity index (χ3v) is 5.76. The Morgan fingerprint density at radius 2 is 2.15 bits per heavy atom.